The van der Waals surface area contributed by atoms with Crippen LogP contribution in [0.15, 0.2) is 39.6 Å². The minimum absolute atomic E-state index is 0.00670. The Hall–Kier alpha value is -2.83. The van der Waals surface area contributed by atoms with Crippen LogP contribution in [0.25, 0.3) is 0 Å². The SMILES string of the molecule is CCOc1cccc(S(=O)(=O)c2cnc(Nc3nc(C)nc(OC(C)C4CCCN4)c3F)s2)c1. The zero-order valence-electron chi connectivity index (χ0n) is 19.0. The Morgan fingerprint density at radius 1 is 1.35 bits per heavy atom. The van der Waals surface area contributed by atoms with Crippen molar-refractivity contribution < 1.29 is 22.3 Å². The van der Waals surface area contributed by atoms with Crippen molar-refractivity contribution in [2.24, 2.45) is 0 Å². The molecule has 9 nitrogen and oxygen atoms in total. The number of anilines is 2. The Balaban J connectivity index is 1.55. The largest absolute Gasteiger partial charge is 0.494 e. The lowest BCUT2D eigenvalue weighted by Gasteiger charge is -2.21. The second-order valence-corrected chi connectivity index (χ2v) is 11.0. The Labute approximate surface area is 201 Å². The van der Waals surface area contributed by atoms with Gasteiger partial charge in [0.05, 0.1) is 17.7 Å². The van der Waals surface area contributed by atoms with Crippen LogP contribution in [-0.4, -0.2) is 48.7 Å². The second-order valence-electron chi connectivity index (χ2n) is 7.79. The quantitative estimate of drug-likeness (QED) is 0.445. The number of thiazole rings is 1. The fraction of sp³-hybridized carbons (Fsp3) is 0.409. The number of aryl methyl sites for hydroxylation is 1. The fourth-order valence-electron chi connectivity index (χ4n) is 3.62. The predicted octanol–water partition coefficient (Wildman–Crippen LogP) is 3.88. The second kappa shape index (κ2) is 10.2. The summed E-state index contributed by atoms with van der Waals surface area (Å²) in [6.45, 7) is 6.63. The van der Waals surface area contributed by atoms with Crippen LogP contribution in [0.5, 0.6) is 11.6 Å². The fourth-order valence-corrected chi connectivity index (χ4v) is 6.09. The Morgan fingerprint density at radius 2 is 2.18 bits per heavy atom. The number of sulfone groups is 1. The molecule has 1 saturated heterocycles. The number of benzene rings is 1. The molecule has 2 N–H and O–H groups in total. The number of halogens is 1. The molecular weight excluding hydrogens is 481 g/mol. The Kier molecular flexibility index (Phi) is 7.29. The van der Waals surface area contributed by atoms with E-state index in [1.807, 2.05) is 13.8 Å². The van der Waals surface area contributed by atoms with Crippen LogP contribution in [-0.2, 0) is 9.84 Å². The highest BCUT2D eigenvalue weighted by molar-refractivity contribution is 7.93. The number of nitrogens with zero attached hydrogens (tertiary/aromatic N) is 3. The summed E-state index contributed by atoms with van der Waals surface area (Å²) in [5.74, 6) is -0.291. The van der Waals surface area contributed by atoms with E-state index < -0.39 is 15.7 Å². The standard InChI is InChI=1S/C22H26FN5O4S2/c1-4-31-15-7-5-8-16(11-15)34(29,30)18-12-25-22(33-18)28-20-19(23)21(27-14(3)26-20)32-13(2)17-9-6-10-24-17/h5,7-8,11-13,17,24H,4,6,9-10H2,1-3H3,(H,25,26,27,28). The van der Waals surface area contributed by atoms with Gasteiger partial charge >= 0.3 is 0 Å². The molecule has 0 spiro atoms. The molecule has 2 unspecified atom stereocenters. The number of rotatable bonds is 9. The normalized spacial score (nSPS) is 16.9. The minimum atomic E-state index is -3.83. The van der Waals surface area contributed by atoms with Crippen LogP contribution in [0.1, 0.15) is 32.5 Å². The first kappa shape index (κ1) is 24.3. The van der Waals surface area contributed by atoms with Gasteiger partial charge < -0.3 is 20.1 Å². The van der Waals surface area contributed by atoms with Gasteiger partial charge in [0.15, 0.2) is 10.9 Å². The minimum Gasteiger partial charge on any atom is -0.494 e. The number of hydrogen-bond donors (Lipinski definition) is 2. The van der Waals surface area contributed by atoms with Crippen molar-refractivity contribution in [3.8, 4) is 11.6 Å². The van der Waals surface area contributed by atoms with Gasteiger partial charge in [0.1, 0.15) is 21.9 Å². The highest BCUT2D eigenvalue weighted by Gasteiger charge is 2.26. The van der Waals surface area contributed by atoms with Crippen LogP contribution in [0.4, 0.5) is 15.3 Å². The van der Waals surface area contributed by atoms with Crippen molar-refractivity contribution in [2.75, 3.05) is 18.5 Å². The summed E-state index contributed by atoms with van der Waals surface area (Å²) >= 11 is 0.875. The molecule has 1 aliphatic heterocycles. The Morgan fingerprint density at radius 3 is 2.91 bits per heavy atom. The molecule has 1 aliphatic rings. The number of ether oxygens (including phenoxy) is 2. The molecule has 2 atom stereocenters. The lowest BCUT2D eigenvalue weighted by molar-refractivity contribution is 0.164. The molecule has 182 valence electrons. The molecule has 1 fully saturated rings. The third-order valence-electron chi connectivity index (χ3n) is 5.30. The van der Waals surface area contributed by atoms with Gasteiger partial charge in [0.2, 0.25) is 15.7 Å². The number of aromatic nitrogens is 3. The van der Waals surface area contributed by atoms with Gasteiger partial charge in [-0.3, -0.25) is 0 Å². The van der Waals surface area contributed by atoms with E-state index in [1.54, 1.807) is 19.1 Å². The summed E-state index contributed by atoms with van der Waals surface area (Å²) in [7, 11) is -3.83. The van der Waals surface area contributed by atoms with Gasteiger partial charge in [0.25, 0.3) is 5.88 Å². The maximum atomic E-state index is 15.1. The van der Waals surface area contributed by atoms with Crippen molar-refractivity contribution in [1.29, 1.82) is 0 Å². The summed E-state index contributed by atoms with van der Waals surface area (Å²) in [4.78, 5) is 12.4. The summed E-state index contributed by atoms with van der Waals surface area (Å²) in [5.41, 5.74) is 0. The molecular formula is C22H26FN5O4S2. The van der Waals surface area contributed by atoms with E-state index in [4.69, 9.17) is 9.47 Å². The van der Waals surface area contributed by atoms with E-state index in [-0.39, 0.29) is 38.1 Å². The van der Waals surface area contributed by atoms with E-state index >= 15 is 4.39 Å². The monoisotopic (exact) mass is 507 g/mol. The molecule has 2 aromatic heterocycles. The number of nitrogens with one attached hydrogen (secondary N) is 2. The van der Waals surface area contributed by atoms with Crippen LogP contribution in [0.3, 0.4) is 0 Å². The zero-order valence-corrected chi connectivity index (χ0v) is 20.7. The molecule has 1 aromatic carbocycles. The van der Waals surface area contributed by atoms with Crippen LogP contribution >= 0.6 is 11.3 Å². The molecule has 3 heterocycles. The summed E-state index contributed by atoms with van der Waals surface area (Å²) in [6.07, 6.45) is 2.94. The average Bonchev–Trinajstić information content (AvgIpc) is 3.50. The van der Waals surface area contributed by atoms with Gasteiger partial charge in [-0.05, 0) is 58.4 Å². The molecule has 0 bridgehead atoms. The summed E-state index contributed by atoms with van der Waals surface area (Å²) in [5, 5.41) is 6.27. The first-order chi connectivity index (χ1) is 16.3. The Bertz CT molecular complexity index is 1260. The zero-order chi connectivity index (χ0) is 24.3. The van der Waals surface area contributed by atoms with E-state index in [0.717, 1.165) is 30.7 Å². The molecule has 0 saturated carbocycles. The lowest BCUT2D eigenvalue weighted by atomic mass is 10.1. The molecule has 4 rings (SSSR count). The van der Waals surface area contributed by atoms with Crippen LogP contribution in [0, 0.1) is 12.7 Å². The number of hydrogen-bond acceptors (Lipinski definition) is 10. The first-order valence-electron chi connectivity index (χ1n) is 10.9. The van der Waals surface area contributed by atoms with Gasteiger partial charge in [-0.2, -0.15) is 9.37 Å². The van der Waals surface area contributed by atoms with Crippen molar-refractivity contribution >= 4 is 32.1 Å². The van der Waals surface area contributed by atoms with Crippen molar-refractivity contribution in [3.05, 3.63) is 42.1 Å². The molecule has 3 aromatic rings. The lowest BCUT2D eigenvalue weighted by Crippen LogP contribution is -2.37. The van der Waals surface area contributed by atoms with Gasteiger partial charge in [-0.15, -0.1) is 0 Å². The highest BCUT2D eigenvalue weighted by atomic mass is 32.2. The van der Waals surface area contributed by atoms with Crippen LogP contribution in [0.2, 0.25) is 0 Å². The van der Waals surface area contributed by atoms with Crippen LogP contribution < -0.4 is 20.1 Å². The molecule has 34 heavy (non-hydrogen) atoms. The third kappa shape index (κ3) is 5.29. The maximum Gasteiger partial charge on any atom is 0.256 e. The van der Waals surface area contributed by atoms with Crippen molar-refractivity contribution in [1.82, 2.24) is 20.3 Å². The summed E-state index contributed by atoms with van der Waals surface area (Å²) in [6, 6.07) is 6.37. The van der Waals surface area contributed by atoms with Crippen molar-refractivity contribution in [3.63, 3.8) is 0 Å². The van der Waals surface area contributed by atoms with E-state index in [2.05, 4.69) is 25.6 Å². The van der Waals surface area contributed by atoms with Crippen molar-refractivity contribution in [2.45, 2.75) is 54.9 Å². The van der Waals surface area contributed by atoms with Gasteiger partial charge in [0, 0.05) is 6.04 Å². The molecule has 0 amide bonds. The predicted molar refractivity (Wildman–Crippen MR) is 126 cm³/mol. The molecule has 12 heteroatoms. The topological polar surface area (TPSA) is 115 Å². The van der Waals surface area contributed by atoms with E-state index in [0.29, 0.717) is 18.2 Å². The average molecular weight is 508 g/mol. The van der Waals surface area contributed by atoms with Gasteiger partial charge in [-0.25, -0.2) is 18.4 Å². The van der Waals surface area contributed by atoms with E-state index in [1.165, 1.54) is 18.3 Å². The summed E-state index contributed by atoms with van der Waals surface area (Å²) < 4.78 is 52.4. The first-order valence-corrected chi connectivity index (χ1v) is 13.2. The molecule has 0 radical (unpaired) electrons. The van der Waals surface area contributed by atoms with Gasteiger partial charge in [-0.1, -0.05) is 17.4 Å². The maximum absolute atomic E-state index is 15.1. The van der Waals surface area contributed by atoms with E-state index in [9.17, 15) is 8.42 Å². The third-order valence-corrected chi connectivity index (χ3v) is 8.42. The smallest absolute Gasteiger partial charge is 0.256 e. The highest BCUT2D eigenvalue weighted by Crippen LogP contribution is 2.33. The molecule has 0 aliphatic carbocycles.